The second-order valence-electron chi connectivity index (χ2n) is 7.77. The van der Waals surface area contributed by atoms with Crippen molar-refractivity contribution in [2.24, 2.45) is 5.73 Å². The van der Waals surface area contributed by atoms with Crippen LogP contribution in [0.5, 0.6) is 0 Å². The lowest BCUT2D eigenvalue weighted by Crippen LogP contribution is -2.09. The van der Waals surface area contributed by atoms with E-state index in [1.165, 1.54) is 34.2 Å². The number of alkyl halides is 3. The molecule has 1 aromatic heterocycles. The summed E-state index contributed by atoms with van der Waals surface area (Å²) in [6.07, 6.45) is -0.934. The van der Waals surface area contributed by atoms with Crippen molar-refractivity contribution in [2.75, 3.05) is 0 Å². The van der Waals surface area contributed by atoms with Crippen LogP contribution in [0.3, 0.4) is 0 Å². The summed E-state index contributed by atoms with van der Waals surface area (Å²) in [6, 6.07) is 19.2. The molecule has 0 aliphatic carbocycles. The van der Waals surface area contributed by atoms with Crippen LogP contribution in [0.1, 0.15) is 40.3 Å². The minimum Gasteiger partial charge on any atom is -0.399 e. The molecule has 0 saturated heterocycles. The number of aromatic amines is 1. The number of hydrogen-bond donors (Lipinski definition) is 2. The number of rotatable bonds is 4. The Morgan fingerprint density at radius 2 is 1.72 bits per heavy atom. The highest BCUT2D eigenvalue weighted by molar-refractivity contribution is 5.83. The Morgan fingerprint density at radius 3 is 2.41 bits per heavy atom. The number of nitrogens with two attached hydrogens (primary N) is 1. The lowest BCUT2D eigenvalue weighted by atomic mass is 9.98. The summed E-state index contributed by atoms with van der Waals surface area (Å²) in [5.41, 5.74) is 11.1. The van der Waals surface area contributed by atoms with Gasteiger partial charge in [0.2, 0.25) is 0 Å². The minimum atomic E-state index is -4.34. The van der Waals surface area contributed by atoms with Crippen molar-refractivity contribution in [1.29, 1.82) is 0 Å². The number of benzene rings is 3. The fraction of sp³-hybridized carbons (Fsp3) is 0.185. The maximum atomic E-state index is 12.9. The van der Waals surface area contributed by atoms with E-state index < -0.39 is 11.7 Å². The Labute approximate surface area is 186 Å². The zero-order chi connectivity index (χ0) is 23.3. The molecular weight excluding hydrogens is 409 g/mol. The summed E-state index contributed by atoms with van der Waals surface area (Å²) < 4.78 is 38.8. The van der Waals surface area contributed by atoms with E-state index in [-0.39, 0.29) is 12.0 Å². The van der Waals surface area contributed by atoms with Gasteiger partial charge in [0.25, 0.3) is 0 Å². The number of hydrogen-bond acceptors (Lipinski definition) is 1. The van der Waals surface area contributed by atoms with Gasteiger partial charge in [0, 0.05) is 22.8 Å². The Hall–Kier alpha value is -3.47. The molecule has 0 amide bonds. The molecule has 0 unspecified atom stereocenters. The molecule has 0 fully saturated rings. The lowest BCUT2D eigenvalue weighted by molar-refractivity contribution is -0.138. The number of H-pyrrole nitrogens is 1. The zero-order valence-corrected chi connectivity index (χ0v) is 18.3. The molecule has 0 radical (unpaired) electrons. The van der Waals surface area contributed by atoms with E-state index in [4.69, 9.17) is 5.73 Å². The number of fused-ring (bicyclic) bond motifs is 1. The quantitative estimate of drug-likeness (QED) is 0.347. The average molecular weight is 437 g/mol. The summed E-state index contributed by atoms with van der Waals surface area (Å²) in [5.74, 6) is 0. The average Bonchev–Trinajstić information content (AvgIpc) is 3.16. The van der Waals surface area contributed by atoms with E-state index >= 15 is 0 Å². The Balaban J connectivity index is 0.000000204. The molecule has 3 aromatic carbocycles. The smallest absolute Gasteiger partial charge is 0.399 e. The van der Waals surface area contributed by atoms with Crippen LogP contribution in [-0.4, -0.2) is 4.98 Å². The van der Waals surface area contributed by atoms with Gasteiger partial charge in [-0.25, -0.2) is 0 Å². The SMILES string of the molecule is C=C(N)c1cccc(Cc2ccccc2C(F)(F)F)c1.CCc1c[nH]c2ccc(C)cc12. The highest BCUT2D eigenvalue weighted by atomic mass is 19.4. The number of aryl methyl sites for hydroxylation is 2. The predicted octanol–water partition coefficient (Wildman–Crippen LogP) is 7.26. The van der Waals surface area contributed by atoms with Crippen molar-refractivity contribution in [3.8, 4) is 0 Å². The number of nitrogens with one attached hydrogen (secondary N) is 1. The van der Waals surface area contributed by atoms with E-state index in [2.05, 4.69) is 49.8 Å². The maximum Gasteiger partial charge on any atom is 0.416 e. The van der Waals surface area contributed by atoms with Gasteiger partial charge in [-0.2, -0.15) is 13.2 Å². The van der Waals surface area contributed by atoms with Crippen molar-refractivity contribution in [1.82, 2.24) is 4.98 Å². The van der Waals surface area contributed by atoms with Crippen LogP contribution in [0.2, 0.25) is 0 Å². The predicted molar refractivity (Wildman–Crippen MR) is 126 cm³/mol. The molecule has 5 heteroatoms. The highest BCUT2D eigenvalue weighted by Crippen LogP contribution is 2.33. The number of aromatic nitrogens is 1. The fourth-order valence-electron chi connectivity index (χ4n) is 3.64. The second kappa shape index (κ2) is 9.77. The third kappa shape index (κ3) is 5.61. The van der Waals surface area contributed by atoms with Crippen molar-refractivity contribution in [3.05, 3.63) is 113 Å². The Bertz CT molecular complexity index is 1220. The van der Waals surface area contributed by atoms with Crippen LogP contribution in [-0.2, 0) is 19.0 Å². The molecule has 166 valence electrons. The standard InChI is InChI=1S/C16H14F3N.C11H13N/c1-11(20)13-7-4-5-12(9-13)10-14-6-2-3-8-15(14)16(17,18)19;1-3-9-7-12-11-5-4-8(2)6-10(9)11/h2-9H,1,10,20H2;4-7,12H,3H2,1-2H3. The molecule has 4 rings (SSSR count). The van der Waals surface area contributed by atoms with E-state index in [9.17, 15) is 13.2 Å². The molecule has 3 N–H and O–H groups in total. The number of halogens is 3. The molecule has 1 heterocycles. The van der Waals surface area contributed by atoms with Gasteiger partial charge in [-0.05, 0) is 66.3 Å². The molecule has 0 saturated carbocycles. The Kier molecular flexibility index (Phi) is 7.08. The molecule has 0 spiro atoms. The van der Waals surface area contributed by atoms with Crippen LogP contribution < -0.4 is 5.73 Å². The first-order valence-corrected chi connectivity index (χ1v) is 10.4. The summed E-state index contributed by atoms with van der Waals surface area (Å²) in [6.45, 7) is 7.94. The first kappa shape index (κ1) is 23.2. The molecular formula is C27H27F3N2. The largest absolute Gasteiger partial charge is 0.416 e. The first-order valence-electron chi connectivity index (χ1n) is 10.4. The third-order valence-corrected chi connectivity index (χ3v) is 5.32. The molecule has 0 aliphatic rings. The summed E-state index contributed by atoms with van der Waals surface area (Å²) in [4.78, 5) is 3.27. The van der Waals surface area contributed by atoms with Crippen molar-refractivity contribution in [2.45, 2.75) is 32.9 Å². The zero-order valence-electron chi connectivity index (χ0n) is 18.3. The second-order valence-corrected chi connectivity index (χ2v) is 7.77. The van der Waals surface area contributed by atoms with E-state index in [1.807, 2.05) is 0 Å². The van der Waals surface area contributed by atoms with Crippen molar-refractivity contribution >= 4 is 16.6 Å². The van der Waals surface area contributed by atoms with Gasteiger partial charge in [0.05, 0.1) is 5.56 Å². The van der Waals surface area contributed by atoms with Crippen molar-refractivity contribution < 1.29 is 13.2 Å². The van der Waals surface area contributed by atoms with Gasteiger partial charge in [0.1, 0.15) is 0 Å². The van der Waals surface area contributed by atoms with Crippen molar-refractivity contribution in [3.63, 3.8) is 0 Å². The normalized spacial score (nSPS) is 11.2. The topological polar surface area (TPSA) is 41.8 Å². The van der Waals surface area contributed by atoms with Crippen LogP contribution in [0.15, 0.2) is 79.5 Å². The fourth-order valence-corrected chi connectivity index (χ4v) is 3.64. The summed E-state index contributed by atoms with van der Waals surface area (Å²) in [5, 5.41) is 1.37. The van der Waals surface area contributed by atoms with Gasteiger partial charge in [-0.3, -0.25) is 0 Å². The Morgan fingerprint density at radius 1 is 0.969 bits per heavy atom. The van der Waals surface area contributed by atoms with Crippen LogP contribution in [0, 0.1) is 6.92 Å². The highest BCUT2D eigenvalue weighted by Gasteiger charge is 2.32. The molecule has 32 heavy (non-hydrogen) atoms. The minimum absolute atomic E-state index is 0.205. The lowest BCUT2D eigenvalue weighted by Gasteiger charge is -2.13. The van der Waals surface area contributed by atoms with Gasteiger partial charge in [-0.1, -0.05) is 61.5 Å². The van der Waals surface area contributed by atoms with E-state index in [0.717, 1.165) is 23.6 Å². The van der Waals surface area contributed by atoms with Crippen LogP contribution >= 0.6 is 0 Å². The van der Waals surface area contributed by atoms with Gasteiger partial charge >= 0.3 is 6.18 Å². The molecule has 2 nitrogen and oxygen atoms in total. The molecule has 0 atom stereocenters. The molecule has 4 aromatic rings. The van der Waals surface area contributed by atoms with E-state index in [1.54, 1.807) is 30.3 Å². The third-order valence-electron chi connectivity index (χ3n) is 5.32. The van der Waals surface area contributed by atoms with Crippen LogP contribution in [0.25, 0.3) is 16.6 Å². The summed E-state index contributed by atoms with van der Waals surface area (Å²) >= 11 is 0. The molecule has 0 aliphatic heterocycles. The van der Waals surface area contributed by atoms with E-state index in [0.29, 0.717) is 5.70 Å². The summed E-state index contributed by atoms with van der Waals surface area (Å²) in [7, 11) is 0. The molecule has 0 bridgehead atoms. The van der Waals surface area contributed by atoms with Gasteiger partial charge in [0.15, 0.2) is 0 Å². The van der Waals surface area contributed by atoms with Crippen LogP contribution in [0.4, 0.5) is 13.2 Å². The van der Waals surface area contributed by atoms with Gasteiger partial charge in [-0.15, -0.1) is 0 Å². The first-order chi connectivity index (χ1) is 15.2. The van der Waals surface area contributed by atoms with Gasteiger partial charge < -0.3 is 10.7 Å². The maximum absolute atomic E-state index is 12.9. The monoisotopic (exact) mass is 436 g/mol.